The zero-order chi connectivity index (χ0) is 13.0. The van der Waals surface area contributed by atoms with Gasteiger partial charge in [-0.05, 0) is 12.8 Å². The van der Waals surface area contributed by atoms with Crippen molar-refractivity contribution in [3.05, 3.63) is 16.7 Å². The minimum Gasteiger partial charge on any atom is -0.369 e. The molecule has 0 bridgehead atoms. The van der Waals surface area contributed by atoms with Gasteiger partial charge in [-0.25, -0.2) is 4.98 Å². The molecule has 0 aliphatic heterocycles. The first-order valence-electron chi connectivity index (χ1n) is 5.80. The number of nitrogens with two attached hydrogens (primary N) is 1. The van der Waals surface area contributed by atoms with E-state index in [1.165, 1.54) is 0 Å². The average molecular weight is 246 g/mol. The Labute approximate surface area is 103 Å². The number of anilines is 1. The van der Waals surface area contributed by atoms with Crippen LogP contribution in [0.4, 0.5) is 5.95 Å². The average Bonchev–Trinajstić information content (AvgIpc) is 2.72. The number of nitrogens with zero attached hydrogens (tertiary/aromatic N) is 4. The van der Waals surface area contributed by atoms with Gasteiger partial charge >= 0.3 is 0 Å². The Morgan fingerprint density at radius 1 is 1.44 bits per heavy atom. The summed E-state index contributed by atoms with van der Waals surface area (Å²) in [6, 6.07) is 2.11. The molecule has 0 saturated heterocycles. The third-order valence-corrected chi connectivity index (χ3v) is 2.68. The fourth-order valence-corrected chi connectivity index (χ4v) is 1.80. The maximum Gasteiger partial charge on any atom is 0.280 e. The number of fused-ring (bicyclic) bond motifs is 1. The van der Waals surface area contributed by atoms with Gasteiger partial charge in [-0.15, -0.1) is 0 Å². The molecule has 7 heteroatoms. The second kappa shape index (κ2) is 5.31. The summed E-state index contributed by atoms with van der Waals surface area (Å²) in [5, 5.41) is 8.42. The molecule has 0 unspecified atom stereocenters. The fourth-order valence-electron chi connectivity index (χ4n) is 1.80. The summed E-state index contributed by atoms with van der Waals surface area (Å²) in [6.45, 7) is 0.720. The lowest BCUT2D eigenvalue weighted by atomic mass is 10.2. The molecule has 3 N–H and O–H groups in total. The van der Waals surface area contributed by atoms with Crippen LogP contribution >= 0.6 is 0 Å². The molecule has 18 heavy (non-hydrogen) atoms. The molecule has 0 aliphatic carbocycles. The predicted octanol–water partition coefficient (Wildman–Crippen LogP) is 0.786. The largest absolute Gasteiger partial charge is 0.369 e. The highest BCUT2D eigenvalue weighted by Crippen LogP contribution is 2.09. The quantitative estimate of drug-likeness (QED) is 0.757. The van der Waals surface area contributed by atoms with Gasteiger partial charge in [0, 0.05) is 13.0 Å². The Hall–Kier alpha value is -2.36. The topological polar surface area (TPSA) is 113 Å². The van der Waals surface area contributed by atoms with E-state index in [1.807, 2.05) is 4.57 Å². The molecule has 0 atom stereocenters. The van der Waals surface area contributed by atoms with E-state index in [4.69, 9.17) is 11.0 Å². The molecule has 0 amide bonds. The number of hydrogen-bond acceptors (Lipinski definition) is 5. The first kappa shape index (κ1) is 12.1. The molecule has 0 aromatic carbocycles. The summed E-state index contributed by atoms with van der Waals surface area (Å²) in [4.78, 5) is 22.1. The van der Waals surface area contributed by atoms with Crippen LogP contribution < -0.4 is 11.3 Å². The number of imidazole rings is 1. The molecule has 0 aliphatic rings. The van der Waals surface area contributed by atoms with Crippen LogP contribution in [-0.4, -0.2) is 19.5 Å². The van der Waals surface area contributed by atoms with E-state index in [2.05, 4.69) is 21.0 Å². The predicted molar refractivity (Wildman–Crippen MR) is 66.6 cm³/mol. The van der Waals surface area contributed by atoms with Gasteiger partial charge in [-0.1, -0.05) is 6.42 Å². The van der Waals surface area contributed by atoms with Gasteiger partial charge < -0.3 is 10.3 Å². The number of nitrogen functional groups attached to an aromatic ring is 1. The van der Waals surface area contributed by atoms with Crippen LogP contribution in [0.5, 0.6) is 0 Å². The molecule has 0 spiro atoms. The maximum atomic E-state index is 11.5. The van der Waals surface area contributed by atoms with E-state index < -0.39 is 0 Å². The number of unbranched alkanes of at least 4 members (excludes halogenated alkanes) is 3. The molecule has 2 aromatic heterocycles. The highest BCUT2D eigenvalue weighted by atomic mass is 16.1. The molecule has 2 heterocycles. The minimum absolute atomic E-state index is 0.0960. The smallest absolute Gasteiger partial charge is 0.280 e. The first-order chi connectivity index (χ1) is 8.72. The van der Waals surface area contributed by atoms with Gasteiger partial charge in [0.05, 0.1) is 12.4 Å². The fraction of sp³-hybridized carbons (Fsp3) is 0.455. The third kappa shape index (κ3) is 2.48. The van der Waals surface area contributed by atoms with E-state index in [9.17, 15) is 4.79 Å². The van der Waals surface area contributed by atoms with Crippen molar-refractivity contribution in [1.82, 2.24) is 19.5 Å². The van der Waals surface area contributed by atoms with E-state index in [-0.39, 0.29) is 11.5 Å². The summed E-state index contributed by atoms with van der Waals surface area (Å²) in [5.74, 6) is 0.0960. The number of H-pyrrole nitrogens is 1. The Morgan fingerprint density at radius 3 is 3.06 bits per heavy atom. The monoisotopic (exact) mass is 246 g/mol. The Kier molecular flexibility index (Phi) is 3.57. The van der Waals surface area contributed by atoms with Crippen molar-refractivity contribution in [2.75, 3.05) is 5.73 Å². The van der Waals surface area contributed by atoms with E-state index in [0.29, 0.717) is 17.6 Å². The van der Waals surface area contributed by atoms with E-state index in [0.717, 1.165) is 25.8 Å². The van der Waals surface area contributed by atoms with Crippen LogP contribution in [0.3, 0.4) is 0 Å². The number of aryl methyl sites for hydroxylation is 1. The standard InChI is InChI=1S/C11H14N6O/c12-5-3-1-2-4-6-17-7-14-8-9(17)15-11(13)16-10(8)18/h7H,1-4,6H2,(H3,13,15,16,18). The van der Waals surface area contributed by atoms with Crippen LogP contribution in [0.25, 0.3) is 11.2 Å². The van der Waals surface area contributed by atoms with Gasteiger partial charge in [0.25, 0.3) is 5.56 Å². The van der Waals surface area contributed by atoms with Crippen molar-refractivity contribution in [1.29, 1.82) is 5.26 Å². The van der Waals surface area contributed by atoms with Gasteiger partial charge in [0.2, 0.25) is 5.95 Å². The van der Waals surface area contributed by atoms with Gasteiger partial charge in [0.15, 0.2) is 11.2 Å². The van der Waals surface area contributed by atoms with Crippen LogP contribution in [-0.2, 0) is 6.54 Å². The van der Waals surface area contributed by atoms with Crippen molar-refractivity contribution in [2.45, 2.75) is 32.2 Å². The molecule has 0 radical (unpaired) electrons. The highest BCUT2D eigenvalue weighted by molar-refractivity contribution is 5.70. The zero-order valence-electron chi connectivity index (χ0n) is 9.89. The number of nitriles is 1. The van der Waals surface area contributed by atoms with Crippen molar-refractivity contribution in [3.63, 3.8) is 0 Å². The summed E-state index contributed by atoms with van der Waals surface area (Å²) in [7, 11) is 0. The minimum atomic E-state index is -0.319. The van der Waals surface area contributed by atoms with Crippen molar-refractivity contribution < 1.29 is 0 Å². The SMILES string of the molecule is N#CCCCCCn1cnc2c(=O)[nH]c(N)nc21. The molecule has 94 valence electrons. The Balaban J connectivity index is 2.10. The molecule has 0 saturated carbocycles. The first-order valence-corrected chi connectivity index (χ1v) is 5.80. The van der Waals surface area contributed by atoms with Gasteiger partial charge in [0.1, 0.15) is 0 Å². The molecule has 0 fully saturated rings. The zero-order valence-corrected chi connectivity index (χ0v) is 9.89. The number of hydrogen-bond donors (Lipinski definition) is 2. The van der Waals surface area contributed by atoms with E-state index in [1.54, 1.807) is 6.33 Å². The normalized spacial score (nSPS) is 10.6. The third-order valence-electron chi connectivity index (χ3n) is 2.68. The Morgan fingerprint density at radius 2 is 2.28 bits per heavy atom. The van der Waals surface area contributed by atoms with Crippen molar-refractivity contribution in [2.24, 2.45) is 0 Å². The lowest BCUT2D eigenvalue weighted by molar-refractivity contribution is 0.599. The number of nitrogens with one attached hydrogen (secondary N) is 1. The second-order valence-electron chi connectivity index (χ2n) is 4.03. The van der Waals surface area contributed by atoms with Crippen LogP contribution in [0.1, 0.15) is 25.7 Å². The highest BCUT2D eigenvalue weighted by Gasteiger charge is 2.08. The summed E-state index contributed by atoms with van der Waals surface area (Å²) >= 11 is 0. The number of aromatic amines is 1. The lowest BCUT2D eigenvalue weighted by Gasteiger charge is -2.02. The van der Waals surface area contributed by atoms with Gasteiger partial charge in [-0.3, -0.25) is 9.78 Å². The van der Waals surface area contributed by atoms with Crippen molar-refractivity contribution >= 4 is 17.1 Å². The van der Waals surface area contributed by atoms with Gasteiger partial charge in [-0.2, -0.15) is 10.2 Å². The molecule has 7 nitrogen and oxygen atoms in total. The lowest BCUT2D eigenvalue weighted by Crippen LogP contribution is -2.12. The molecule has 2 rings (SSSR count). The molecule has 2 aromatic rings. The number of aromatic nitrogens is 4. The number of rotatable bonds is 5. The summed E-state index contributed by atoms with van der Waals surface area (Å²) in [6.07, 6.45) is 4.94. The molecular weight excluding hydrogens is 232 g/mol. The second-order valence-corrected chi connectivity index (χ2v) is 4.03. The van der Waals surface area contributed by atoms with Crippen LogP contribution in [0.15, 0.2) is 11.1 Å². The Bertz CT molecular complexity index is 635. The van der Waals surface area contributed by atoms with Crippen LogP contribution in [0, 0.1) is 11.3 Å². The maximum absolute atomic E-state index is 11.5. The van der Waals surface area contributed by atoms with Crippen LogP contribution in [0.2, 0.25) is 0 Å². The summed E-state index contributed by atoms with van der Waals surface area (Å²) < 4.78 is 1.81. The van der Waals surface area contributed by atoms with E-state index >= 15 is 0 Å². The molecular formula is C11H14N6O. The van der Waals surface area contributed by atoms with Crippen molar-refractivity contribution in [3.8, 4) is 6.07 Å². The summed E-state index contributed by atoms with van der Waals surface area (Å²) in [5.41, 5.74) is 6.00.